The maximum atomic E-state index is 11.3. The second kappa shape index (κ2) is 8.62. The predicted octanol–water partition coefficient (Wildman–Crippen LogP) is 3.10. The van der Waals surface area contributed by atoms with Gasteiger partial charge >= 0.3 is 0 Å². The van der Waals surface area contributed by atoms with Crippen LogP contribution in [0.25, 0.3) is 11.1 Å². The summed E-state index contributed by atoms with van der Waals surface area (Å²) < 4.78 is 5.83. The zero-order valence-corrected chi connectivity index (χ0v) is 14.5. The summed E-state index contributed by atoms with van der Waals surface area (Å²) in [6, 6.07) is 9.60. The van der Waals surface area contributed by atoms with E-state index in [1.165, 1.54) is 38.5 Å². The van der Waals surface area contributed by atoms with Gasteiger partial charge in [-0.2, -0.15) is 0 Å². The fourth-order valence-electron chi connectivity index (χ4n) is 3.14. The quantitative estimate of drug-likeness (QED) is 0.787. The summed E-state index contributed by atoms with van der Waals surface area (Å²) in [4.78, 5) is 17.9. The Morgan fingerprint density at radius 2 is 1.84 bits per heavy atom. The fourth-order valence-corrected chi connectivity index (χ4v) is 3.14. The summed E-state index contributed by atoms with van der Waals surface area (Å²) in [6.45, 7) is 4.30. The first-order chi connectivity index (χ1) is 12.2. The highest BCUT2D eigenvalue weighted by Crippen LogP contribution is 2.22. The van der Waals surface area contributed by atoms with E-state index >= 15 is 0 Å². The number of primary amides is 1. The predicted molar refractivity (Wildman–Crippen MR) is 98.6 cm³/mol. The van der Waals surface area contributed by atoms with Crippen LogP contribution in [0.3, 0.4) is 0 Å². The largest absolute Gasteiger partial charge is 0.494 e. The summed E-state index contributed by atoms with van der Waals surface area (Å²) in [5.41, 5.74) is 7.57. The number of benzene rings is 1. The molecule has 0 atom stereocenters. The number of carbonyl (C=O) groups excluding carboxylic acids is 1. The van der Waals surface area contributed by atoms with E-state index in [-0.39, 0.29) is 0 Å². The van der Waals surface area contributed by atoms with Crippen LogP contribution in [0.2, 0.25) is 0 Å². The zero-order chi connectivity index (χ0) is 17.5. The number of nitrogens with two attached hydrogens (primary N) is 1. The van der Waals surface area contributed by atoms with Crippen LogP contribution in [0.4, 0.5) is 0 Å². The molecular formula is C20H25N3O2. The molecule has 0 bridgehead atoms. The number of hydrogen-bond acceptors (Lipinski definition) is 4. The van der Waals surface area contributed by atoms with Crippen molar-refractivity contribution in [3.63, 3.8) is 0 Å². The molecule has 1 aromatic heterocycles. The van der Waals surface area contributed by atoms with Crippen molar-refractivity contribution < 1.29 is 9.53 Å². The molecule has 1 aliphatic heterocycles. The number of piperidine rings is 1. The molecule has 0 unspecified atom stereocenters. The summed E-state index contributed by atoms with van der Waals surface area (Å²) in [7, 11) is 0. The molecule has 1 amide bonds. The van der Waals surface area contributed by atoms with Crippen molar-refractivity contribution in [2.24, 2.45) is 5.73 Å². The highest BCUT2D eigenvalue weighted by Gasteiger charge is 2.09. The first-order valence-corrected chi connectivity index (χ1v) is 8.93. The highest BCUT2D eigenvalue weighted by molar-refractivity contribution is 5.93. The maximum absolute atomic E-state index is 11.3. The van der Waals surface area contributed by atoms with Gasteiger partial charge < -0.3 is 15.4 Å². The average Bonchev–Trinajstić information content (AvgIpc) is 2.67. The van der Waals surface area contributed by atoms with Crippen LogP contribution in [0.1, 0.15) is 36.0 Å². The lowest BCUT2D eigenvalue weighted by molar-refractivity contribution is 0.1000. The molecule has 132 valence electrons. The first-order valence-electron chi connectivity index (χ1n) is 8.93. The molecule has 0 saturated carbocycles. The molecule has 3 rings (SSSR count). The van der Waals surface area contributed by atoms with Gasteiger partial charge in [0.05, 0.1) is 12.2 Å². The molecule has 2 aromatic rings. The van der Waals surface area contributed by atoms with Crippen molar-refractivity contribution in [1.29, 1.82) is 0 Å². The van der Waals surface area contributed by atoms with Crippen molar-refractivity contribution >= 4 is 5.91 Å². The van der Waals surface area contributed by atoms with Crippen LogP contribution >= 0.6 is 0 Å². The van der Waals surface area contributed by atoms with Crippen LogP contribution in [0.15, 0.2) is 42.7 Å². The van der Waals surface area contributed by atoms with Crippen molar-refractivity contribution in [1.82, 2.24) is 9.88 Å². The Balaban J connectivity index is 1.50. The molecule has 0 aliphatic carbocycles. The minimum Gasteiger partial charge on any atom is -0.494 e. The van der Waals surface area contributed by atoms with Gasteiger partial charge in [0.25, 0.3) is 0 Å². The molecule has 1 aromatic carbocycles. The molecule has 1 aliphatic rings. The highest BCUT2D eigenvalue weighted by atomic mass is 16.5. The number of carbonyl (C=O) groups is 1. The molecule has 0 spiro atoms. The van der Waals surface area contributed by atoms with E-state index in [2.05, 4.69) is 9.88 Å². The van der Waals surface area contributed by atoms with Crippen LogP contribution in [-0.4, -0.2) is 42.0 Å². The Labute approximate surface area is 148 Å². The van der Waals surface area contributed by atoms with Gasteiger partial charge in [0.15, 0.2) is 0 Å². The Kier molecular flexibility index (Phi) is 6.01. The van der Waals surface area contributed by atoms with E-state index in [1.807, 2.05) is 24.3 Å². The van der Waals surface area contributed by atoms with Crippen LogP contribution in [-0.2, 0) is 0 Å². The first kappa shape index (κ1) is 17.4. The lowest BCUT2D eigenvalue weighted by atomic mass is 10.1. The Hall–Kier alpha value is -2.40. The van der Waals surface area contributed by atoms with Gasteiger partial charge in [-0.15, -0.1) is 0 Å². The summed E-state index contributed by atoms with van der Waals surface area (Å²) in [6.07, 6.45) is 8.28. The molecule has 25 heavy (non-hydrogen) atoms. The van der Waals surface area contributed by atoms with E-state index in [4.69, 9.17) is 10.5 Å². The van der Waals surface area contributed by atoms with Gasteiger partial charge in [-0.25, -0.2) is 0 Å². The monoisotopic (exact) mass is 339 g/mol. The summed E-state index contributed by atoms with van der Waals surface area (Å²) in [5.74, 6) is 0.393. The van der Waals surface area contributed by atoms with Crippen LogP contribution in [0, 0.1) is 0 Å². The van der Waals surface area contributed by atoms with Gasteiger partial charge in [-0.1, -0.05) is 18.6 Å². The molecule has 5 nitrogen and oxygen atoms in total. The fraction of sp³-hybridized carbons (Fsp3) is 0.400. The topological polar surface area (TPSA) is 68.5 Å². The minimum atomic E-state index is -0.469. The van der Waals surface area contributed by atoms with Gasteiger partial charge in [-0.05, 0) is 56.1 Å². The number of rotatable bonds is 7. The zero-order valence-electron chi connectivity index (χ0n) is 14.5. The van der Waals surface area contributed by atoms with Gasteiger partial charge in [0.1, 0.15) is 5.75 Å². The van der Waals surface area contributed by atoms with E-state index in [0.29, 0.717) is 5.56 Å². The molecule has 1 fully saturated rings. The second-order valence-electron chi connectivity index (χ2n) is 6.46. The van der Waals surface area contributed by atoms with Gasteiger partial charge in [0.2, 0.25) is 5.91 Å². The van der Waals surface area contributed by atoms with E-state index in [9.17, 15) is 4.79 Å². The SMILES string of the molecule is NC(=O)c1cncc(-c2ccc(OCCCN3CCCCC3)cc2)c1. The van der Waals surface area contributed by atoms with Crippen molar-refractivity contribution in [3.8, 4) is 16.9 Å². The number of likely N-dealkylation sites (tertiary alicyclic amines) is 1. The van der Waals surface area contributed by atoms with E-state index < -0.39 is 5.91 Å². The van der Waals surface area contributed by atoms with Crippen molar-refractivity contribution in [3.05, 3.63) is 48.3 Å². The number of amides is 1. The molecule has 5 heteroatoms. The molecule has 2 N–H and O–H groups in total. The maximum Gasteiger partial charge on any atom is 0.250 e. The number of aromatic nitrogens is 1. The Morgan fingerprint density at radius 1 is 1.08 bits per heavy atom. The minimum absolute atomic E-state index is 0.413. The number of nitrogens with zero attached hydrogens (tertiary/aromatic N) is 2. The van der Waals surface area contributed by atoms with Crippen LogP contribution < -0.4 is 10.5 Å². The normalized spacial score (nSPS) is 15.0. The Bertz CT molecular complexity index is 694. The lowest BCUT2D eigenvalue weighted by Gasteiger charge is -2.26. The third-order valence-corrected chi connectivity index (χ3v) is 4.55. The number of ether oxygens (including phenoxy) is 1. The smallest absolute Gasteiger partial charge is 0.250 e. The van der Waals surface area contributed by atoms with Gasteiger partial charge in [0, 0.05) is 24.5 Å². The number of pyridine rings is 1. The standard InChI is InChI=1S/C20H25N3O2/c21-20(24)18-13-17(14-22-15-18)16-5-7-19(8-6-16)25-12-4-11-23-9-2-1-3-10-23/h5-8,13-15H,1-4,9-12H2,(H2,21,24). The molecule has 0 radical (unpaired) electrons. The van der Waals surface area contributed by atoms with Crippen molar-refractivity contribution in [2.75, 3.05) is 26.2 Å². The third-order valence-electron chi connectivity index (χ3n) is 4.55. The lowest BCUT2D eigenvalue weighted by Crippen LogP contribution is -2.31. The van der Waals surface area contributed by atoms with Gasteiger partial charge in [-0.3, -0.25) is 9.78 Å². The second-order valence-corrected chi connectivity index (χ2v) is 6.46. The summed E-state index contributed by atoms with van der Waals surface area (Å²) >= 11 is 0. The van der Waals surface area contributed by atoms with Crippen molar-refractivity contribution in [2.45, 2.75) is 25.7 Å². The van der Waals surface area contributed by atoms with E-state index in [0.717, 1.165) is 36.4 Å². The number of hydrogen-bond donors (Lipinski definition) is 1. The average molecular weight is 339 g/mol. The van der Waals surface area contributed by atoms with E-state index in [1.54, 1.807) is 12.3 Å². The summed E-state index contributed by atoms with van der Waals surface area (Å²) in [5, 5.41) is 0. The van der Waals surface area contributed by atoms with Crippen LogP contribution in [0.5, 0.6) is 5.75 Å². The molecular weight excluding hydrogens is 314 g/mol. The molecule has 2 heterocycles. The Morgan fingerprint density at radius 3 is 2.56 bits per heavy atom. The third kappa shape index (κ3) is 5.03. The molecule has 1 saturated heterocycles.